The van der Waals surface area contributed by atoms with Gasteiger partial charge in [0, 0.05) is 9.70 Å². The van der Waals surface area contributed by atoms with Crippen LogP contribution >= 0.6 is 43.2 Å². The van der Waals surface area contributed by atoms with Crippen LogP contribution in [0.5, 0.6) is 0 Å². The number of thiophene rings is 1. The van der Waals surface area contributed by atoms with Crippen LogP contribution in [0.15, 0.2) is 9.85 Å². The lowest BCUT2D eigenvalue weighted by atomic mass is 9.85. The van der Waals surface area contributed by atoms with Gasteiger partial charge in [0.15, 0.2) is 0 Å². The molecule has 0 aliphatic heterocycles. The Hall–Kier alpha value is 0.660. The summed E-state index contributed by atoms with van der Waals surface area (Å²) in [5.41, 5.74) is 1.48. The molecule has 1 aromatic heterocycles. The van der Waals surface area contributed by atoms with E-state index in [-0.39, 0.29) is 0 Å². The van der Waals surface area contributed by atoms with Crippen LogP contribution < -0.4 is 0 Å². The Labute approximate surface area is 125 Å². The van der Waals surface area contributed by atoms with Crippen molar-refractivity contribution in [1.29, 1.82) is 0 Å². The van der Waals surface area contributed by atoms with Gasteiger partial charge in [-0.3, -0.25) is 0 Å². The second-order valence-corrected chi connectivity index (χ2v) is 8.85. The maximum Gasteiger partial charge on any atom is 0.0704 e. The molecule has 96 valence electrons. The summed E-state index contributed by atoms with van der Waals surface area (Å²) in [6.07, 6.45) is 9.99. The van der Waals surface area contributed by atoms with Gasteiger partial charge in [-0.15, -0.1) is 11.3 Å². The fraction of sp³-hybridized carbons (Fsp3) is 0.714. The van der Waals surface area contributed by atoms with Crippen molar-refractivity contribution in [3.8, 4) is 0 Å². The second-order valence-electron chi connectivity index (χ2n) is 5.11. The van der Waals surface area contributed by atoms with E-state index in [0.717, 1.165) is 5.92 Å². The average Bonchev–Trinajstić information content (AvgIpc) is 2.67. The maximum atomic E-state index is 3.86. The fourth-order valence-electron chi connectivity index (χ4n) is 2.78. The smallest absolute Gasteiger partial charge is 0.0704 e. The van der Waals surface area contributed by atoms with Crippen molar-refractivity contribution in [2.24, 2.45) is 5.92 Å². The van der Waals surface area contributed by atoms with E-state index < -0.39 is 0 Å². The highest BCUT2D eigenvalue weighted by Crippen LogP contribution is 2.39. The van der Waals surface area contributed by atoms with Crippen molar-refractivity contribution in [3.63, 3.8) is 0 Å². The molecule has 1 fully saturated rings. The molecule has 2 rings (SSSR count). The predicted octanol–water partition coefficient (Wildman–Crippen LogP) is 6.62. The van der Waals surface area contributed by atoms with Crippen LogP contribution in [-0.2, 0) is 0 Å². The molecule has 3 heteroatoms. The molecule has 0 nitrogen and oxygen atoms in total. The summed E-state index contributed by atoms with van der Waals surface area (Å²) in [6, 6.07) is 2.28. The van der Waals surface area contributed by atoms with E-state index in [1.54, 1.807) is 0 Å². The monoisotopic (exact) mass is 378 g/mol. The molecule has 0 radical (unpaired) electrons. The third-order valence-electron chi connectivity index (χ3n) is 3.82. The summed E-state index contributed by atoms with van der Waals surface area (Å²) in [5, 5.41) is 0. The molecule has 1 saturated carbocycles. The molecule has 0 aromatic carbocycles. The summed E-state index contributed by atoms with van der Waals surface area (Å²) < 4.78 is 1.26. The Balaban J connectivity index is 1.84. The summed E-state index contributed by atoms with van der Waals surface area (Å²) in [4.78, 5) is 1.99. The lowest BCUT2D eigenvalue weighted by Gasteiger charge is -2.22. The van der Waals surface area contributed by atoms with Gasteiger partial charge in [0.1, 0.15) is 0 Å². The van der Waals surface area contributed by atoms with Crippen LogP contribution in [0.3, 0.4) is 0 Å². The molecule has 1 aromatic rings. The van der Waals surface area contributed by atoms with Gasteiger partial charge in [-0.25, -0.2) is 0 Å². The number of alkyl halides is 1. The molecule has 1 atom stereocenters. The Morgan fingerprint density at radius 1 is 1.35 bits per heavy atom. The van der Waals surface area contributed by atoms with Crippen LogP contribution in [0, 0.1) is 12.8 Å². The minimum atomic E-state index is 0.548. The Kier molecular flexibility index (Phi) is 5.56. The van der Waals surface area contributed by atoms with E-state index in [1.807, 2.05) is 11.3 Å². The summed E-state index contributed by atoms with van der Waals surface area (Å²) in [6.45, 7) is 2.22. The lowest BCUT2D eigenvalue weighted by molar-refractivity contribution is 0.332. The van der Waals surface area contributed by atoms with Crippen molar-refractivity contribution in [2.45, 2.75) is 56.7 Å². The van der Waals surface area contributed by atoms with E-state index in [1.165, 1.54) is 59.2 Å². The van der Waals surface area contributed by atoms with Gasteiger partial charge in [0.2, 0.25) is 0 Å². The number of hydrogen-bond acceptors (Lipinski definition) is 1. The van der Waals surface area contributed by atoms with Crippen molar-refractivity contribution >= 4 is 43.2 Å². The van der Waals surface area contributed by atoms with Crippen LogP contribution in [0.4, 0.5) is 0 Å². The van der Waals surface area contributed by atoms with Crippen LogP contribution in [0.25, 0.3) is 0 Å². The first-order valence-electron chi connectivity index (χ1n) is 6.56. The standard InChI is InChI=1S/C14H20Br2S/c1-10-12(9-14(16)17-10)13(15)8-7-11-5-3-2-4-6-11/h9,11,13H,2-8H2,1H3. The SMILES string of the molecule is Cc1sc(Br)cc1C(Br)CCC1CCCCC1. The normalized spacial score (nSPS) is 19.5. The van der Waals surface area contributed by atoms with Crippen LogP contribution in [-0.4, -0.2) is 0 Å². The number of hydrogen-bond donors (Lipinski definition) is 0. The minimum Gasteiger partial charge on any atom is -0.133 e. The Morgan fingerprint density at radius 2 is 2.06 bits per heavy atom. The van der Waals surface area contributed by atoms with Crippen molar-refractivity contribution in [1.82, 2.24) is 0 Å². The zero-order valence-electron chi connectivity index (χ0n) is 10.3. The van der Waals surface area contributed by atoms with E-state index in [0.29, 0.717) is 4.83 Å². The minimum absolute atomic E-state index is 0.548. The van der Waals surface area contributed by atoms with Crippen LogP contribution in [0.1, 0.15) is 60.2 Å². The molecule has 1 heterocycles. The highest BCUT2D eigenvalue weighted by atomic mass is 79.9. The number of aryl methyl sites for hydroxylation is 1. The highest BCUT2D eigenvalue weighted by Gasteiger charge is 2.17. The molecule has 1 aliphatic rings. The van der Waals surface area contributed by atoms with E-state index >= 15 is 0 Å². The van der Waals surface area contributed by atoms with E-state index in [4.69, 9.17) is 0 Å². The molecule has 0 N–H and O–H groups in total. The topological polar surface area (TPSA) is 0 Å². The zero-order chi connectivity index (χ0) is 12.3. The molecule has 17 heavy (non-hydrogen) atoms. The first-order valence-corrected chi connectivity index (χ1v) is 9.09. The Morgan fingerprint density at radius 3 is 2.65 bits per heavy atom. The number of rotatable bonds is 4. The Bertz CT molecular complexity index is 353. The van der Waals surface area contributed by atoms with Gasteiger partial charge >= 0.3 is 0 Å². The molecule has 0 amide bonds. The van der Waals surface area contributed by atoms with Gasteiger partial charge in [-0.1, -0.05) is 48.0 Å². The molecule has 0 bridgehead atoms. The third kappa shape index (κ3) is 4.07. The third-order valence-corrected chi connectivity index (χ3v) is 6.34. The summed E-state index contributed by atoms with van der Waals surface area (Å²) >= 11 is 9.29. The van der Waals surface area contributed by atoms with Gasteiger partial charge in [0.25, 0.3) is 0 Å². The first-order chi connectivity index (χ1) is 8.16. The molecular formula is C14H20Br2S. The van der Waals surface area contributed by atoms with E-state index in [2.05, 4.69) is 44.8 Å². The van der Waals surface area contributed by atoms with E-state index in [9.17, 15) is 0 Å². The largest absolute Gasteiger partial charge is 0.133 e. The second kappa shape index (κ2) is 6.72. The molecule has 0 saturated heterocycles. The van der Waals surface area contributed by atoms with Crippen molar-refractivity contribution in [3.05, 3.63) is 20.3 Å². The predicted molar refractivity (Wildman–Crippen MR) is 84.2 cm³/mol. The highest BCUT2D eigenvalue weighted by molar-refractivity contribution is 9.11. The zero-order valence-corrected chi connectivity index (χ0v) is 14.3. The van der Waals surface area contributed by atoms with Crippen molar-refractivity contribution < 1.29 is 0 Å². The fourth-order valence-corrected chi connectivity index (χ4v) is 5.45. The van der Waals surface area contributed by atoms with Gasteiger partial charge < -0.3 is 0 Å². The van der Waals surface area contributed by atoms with Gasteiger partial charge in [0.05, 0.1) is 3.79 Å². The van der Waals surface area contributed by atoms with Crippen LogP contribution in [0.2, 0.25) is 0 Å². The van der Waals surface area contributed by atoms with Gasteiger partial charge in [-0.2, -0.15) is 0 Å². The molecular weight excluding hydrogens is 360 g/mol. The average molecular weight is 380 g/mol. The number of halogens is 2. The van der Waals surface area contributed by atoms with Gasteiger partial charge in [-0.05, 0) is 53.2 Å². The molecule has 0 spiro atoms. The van der Waals surface area contributed by atoms with Crippen molar-refractivity contribution in [2.75, 3.05) is 0 Å². The lowest BCUT2D eigenvalue weighted by Crippen LogP contribution is -2.07. The quantitative estimate of drug-likeness (QED) is 0.516. The molecule has 1 aliphatic carbocycles. The summed E-state index contributed by atoms with van der Waals surface area (Å²) in [7, 11) is 0. The maximum absolute atomic E-state index is 3.86. The molecule has 1 unspecified atom stereocenters. The first kappa shape index (κ1) is 14.1. The summed E-state index contributed by atoms with van der Waals surface area (Å²) in [5.74, 6) is 0.992.